The van der Waals surface area contributed by atoms with Crippen molar-refractivity contribution >= 4 is 5.69 Å². The Morgan fingerprint density at radius 3 is 2.39 bits per heavy atom. The van der Waals surface area contributed by atoms with Gasteiger partial charge < -0.3 is 14.9 Å². The molecule has 128 valence electrons. The van der Waals surface area contributed by atoms with Gasteiger partial charge >= 0.3 is 0 Å². The Balaban J connectivity index is 1.65. The number of hydrogen-bond acceptors (Lipinski definition) is 3. The molecular weight excluding hydrogens is 298 g/mol. The molecule has 3 rings (SSSR count). The van der Waals surface area contributed by atoms with Crippen LogP contribution in [0.1, 0.15) is 38.2 Å². The first-order valence-electron chi connectivity index (χ1n) is 8.69. The van der Waals surface area contributed by atoms with Gasteiger partial charge in [-0.05, 0) is 51.2 Å². The zero-order chi connectivity index (χ0) is 16.4. The summed E-state index contributed by atoms with van der Waals surface area (Å²) in [6.45, 7) is 5.24. The fourth-order valence-electron chi connectivity index (χ4n) is 3.77. The molecule has 3 nitrogen and oxygen atoms in total. The van der Waals surface area contributed by atoms with Gasteiger partial charge in [-0.3, -0.25) is 0 Å². The van der Waals surface area contributed by atoms with Crippen LogP contribution in [0, 0.1) is 11.6 Å². The van der Waals surface area contributed by atoms with Crippen LogP contribution in [0.5, 0.6) is 0 Å². The van der Waals surface area contributed by atoms with Crippen LogP contribution >= 0.6 is 0 Å². The molecule has 2 unspecified atom stereocenters. The summed E-state index contributed by atoms with van der Waals surface area (Å²) in [5.41, 5.74) is 0.849. The van der Waals surface area contributed by atoms with Crippen LogP contribution in [0.4, 0.5) is 14.5 Å². The van der Waals surface area contributed by atoms with Crippen molar-refractivity contribution in [2.75, 3.05) is 31.1 Å². The minimum Gasteiger partial charge on any atom is -0.393 e. The molecule has 0 radical (unpaired) electrons. The molecule has 2 heterocycles. The van der Waals surface area contributed by atoms with Gasteiger partial charge in [0.1, 0.15) is 11.6 Å². The quantitative estimate of drug-likeness (QED) is 0.922. The number of rotatable bonds is 4. The summed E-state index contributed by atoms with van der Waals surface area (Å²) >= 11 is 0. The number of piperidine rings is 1. The van der Waals surface area contributed by atoms with E-state index in [1.54, 1.807) is 0 Å². The fourth-order valence-corrected chi connectivity index (χ4v) is 3.77. The Bertz CT molecular complexity index is 523. The molecule has 2 fully saturated rings. The number of anilines is 1. The Morgan fingerprint density at radius 2 is 1.78 bits per heavy atom. The standard InChI is InChI=1S/C18H26F2N2O/c1-13-10-15(23)4-8-21(13)9-5-16-17(19)11-14(12-18(16)20)22-6-2-3-7-22/h11-13,15,23H,2-10H2,1H3. The van der Waals surface area contributed by atoms with Gasteiger partial charge in [0.2, 0.25) is 0 Å². The first kappa shape index (κ1) is 16.7. The number of benzene rings is 1. The van der Waals surface area contributed by atoms with E-state index in [2.05, 4.69) is 11.8 Å². The van der Waals surface area contributed by atoms with Crippen molar-refractivity contribution in [2.45, 2.75) is 51.2 Å². The van der Waals surface area contributed by atoms with Crippen LogP contribution in [0.3, 0.4) is 0 Å². The SMILES string of the molecule is CC1CC(O)CCN1CCc1c(F)cc(N2CCCC2)cc1F. The minimum absolute atomic E-state index is 0.186. The highest BCUT2D eigenvalue weighted by atomic mass is 19.1. The van der Waals surface area contributed by atoms with Gasteiger partial charge in [0.15, 0.2) is 0 Å². The third kappa shape index (κ3) is 3.83. The van der Waals surface area contributed by atoms with E-state index >= 15 is 0 Å². The van der Waals surface area contributed by atoms with Crippen LogP contribution in [-0.4, -0.2) is 48.3 Å². The molecule has 0 spiro atoms. The molecule has 2 aliphatic rings. The summed E-state index contributed by atoms with van der Waals surface area (Å²) in [5.74, 6) is -0.867. The van der Waals surface area contributed by atoms with E-state index in [9.17, 15) is 13.9 Å². The van der Waals surface area contributed by atoms with Crippen LogP contribution in [0.2, 0.25) is 0 Å². The third-order valence-electron chi connectivity index (χ3n) is 5.23. The molecule has 0 bridgehead atoms. The second-order valence-electron chi connectivity index (χ2n) is 6.90. The largest absolute Gasteiger partial charge is 0.393 e. The van der Waals surface area contributed by atoms with Crippen molar-refractivity contribution in [1.29, 1.82) is 0 Å². The summed E-state index contributed by atoms with van der Waals surface area (Å²) in [5, 5.41) is 9.65. The molecular formula is C18H26F2N2O. The van der Waals surface area contributed by atoms with E-state index in [4.69, 9.17) is 0 Å². The van der Waals surface area contributed by atoms with Crippen molar-refractivity contribution < 1.29 is 13.9 Å². The summed E-state index contributed by atoms with van der Waals surface area (Å²) in [6, 6.07) is 3.22. The van der Waals surface area contributed by atoms with Crippen LogP contribution in [0.25, 0.3) is 0 Å². The highest BCUT2D eigenvalue weighted by Crippen LogP contribution is 2.26. The van der Waals surface area contributed by atoms with Crippen LogP contribution < -0.4 is 4.90 Å². The molecule has 1 aromatic rings. The Kier molecular flexibility index (Phi) is 5.17. The molecule has 2 atom stereocenters. The maximum absolute atomic E-state index is 14.4. The predicted molar refractivity (Wildman–Crippen MR) is 87.8 cm³/mol. The summed E-state index contributed by atoms with van der Waals surface area (Å²) < 4.78 is 28.7. The normalized spacial score (nSPS) is 26.0. The van der Waals surface area contributed by atoms with Gasteiger partial charge in [-0.1, -0.05) is 0 Å². The lowest BCUT2D eigenvalue weighted by molar-refractivity contribution is 0.0488. The van der Waals surface area contributed by atoms with Gasteiger partial charge in [0.05, 0.1) is 6.10 Å². The molecule has 23 heavy (non-hydrogen) atoms. The second-order valence-corrected chi connectivity index (χ2v) is 6.90. The van der Waals surface area contributed by atoms with Gasteiger partial charge in [0, 0.05) is 43.5 Å². The molecule has 5 heteroatoms. The first-order valence-corrected chi connectivity index (χ1v) is 8.69. The number of aliphatic hydroxyl groups is 1. The molecule has 0 aliphatic carbocycles. The van der Waals surface area contributed by atoms with Crippen molar-refractivity contribution in [2.24, 2.45) is 0 Å². The number of likely N-dealkylation sites (tertiary alicyclic amines) is 1. The van der Waals surface area contributed by atoms with Crippen molar-refractivity contribution in [3.05, 3.63) is 29.3 Å². The number of aliphatic hydroxyl groups excluding tert-OH is 1. The molecule has 0 saturated carbocycles. The molecule has 1 aromatic carbocycles. The number of halogens is 2. The van der Waals surface area contributed by atoms with Gasteiger partial charge in [-0.15, -0.1) is 0 Å². The second kappa shape index (κ2) is 7.14. The summed E-state index contributed by atoms with van der Waals surface area (Å²) in [4.78, 5) is 4.25. The van der Waals surface area contributed by atoms with E-state index in [0.29, 0.717) is 18.7 Å². The van der Waals surface area contributed by atoms with Crippen LogP contribution in [0.15, 0.2) is 12.1 Å². The Morgan fingerprint density at radius 1 is 1.13 bits per heavy atom. The fraction of sp³-hybridized carbons (Fsp3) is 0.667. The molecule has 0 amide bonds. The monoisotopic (exact) mass is 324 g/mol. The lowest BCUT2D eigenvalue weighted by Crippen LogP contribution is -2.43. The minimum atomic E-state index is -0.434. The average molecular weight is 324 g/mol. The third-order valence-corrected chi connectivity index (χ3v) is 5.23. The van der Waals surface area contributed by atoms with Crippen molar-refractivity contribution in [3.63, 3.8) is 0 Å². The molecule has 2 aliphatic heterocycles. The van der Waals surface area contributed by atoms with Gasteiger partial charge in [0.25, 0.3) is 0 Å². The number of hydrogen-bond donors (Lipinski definition) is 1. The van der Waals surface area contributed by atoms with E-state index in [-0.39, 0.29) is 17.7 Å². The van der Waals surface area contributed by atoms with E-state index in [1.807, 2.05) is 4.90 Å². The lowest BCUT2D eigenvalue weighted by atomic mass is 10.00. The first-order chi connectivity index (χ1) is 11.0. The maximum atomic E-state index is 14.4. The average Bonchev–Trinajstić information content (AvgIpc) is 3.02. The van der Waals surface area contributed by atoms with Crippen molar-refractivity contribution in [3.8, 4) is 0 Å². The highest BCUT2D eigenvalue weighted by molar-refractivity contribution is 5.49. The molecule has 1 N–H and O–H groups in total. The Hall–Kier alpha value is -1.20. The van der Waals surface area contributed by atoms with Crippen molar-refractivity contribution in [1.82, 2.24) is 4.90 Å². The van der Waals surface area contributed by atoms with Gasteiger partial charge in [-0.2, -0.15) is 0 Å². The smallest absolute Gasteiger partial charge is 0.131 e. The topological polar surface area (TPSA) is 26.7 Å². The maximum Gasteiger partial charge on any atom is 0.131 e. The van der Waals surface area contributed by atoms with E-state index in [0.717, 1.165) is 45.3 Å². The summed E-state index contributed by atoms with van der Waals surface area (Å²) in [6.07, 6.45) is 3.78. The van der Waals surface area contributed by atoms with E-state index < -0.39 is 11.6 Å². The van der Waals surface area contributed by atoms with Crippen LogP contribution in [-0.2, 0) is 6.42 Å². The highest BCUT2D eigenvalue weighted by Gasteiger charge is 2.24. The van der Waals surface area contributed by atoms with Gasteiger partial charge in [-0.25, -0.2) is 8.78 Å². The zero-order valence-electron chi connectivity index (χ0n) is 13.8. The number of nitrogens with zero attached hydrogens (tertiary/aromatic N) is 2. The lowest BCUT2D eigenvalue weighted by Gasteiger charge is -2.35. The summed E-state index contributed by atoms with van der Waals surface area (Å²) in [7, 11) is 0. The molecule has 0 aromatic heterocycles. The predicted octanol–water partition coefficient (Wildman–Crippen LogP) is 2.95. The van der Waals surface area contributed by atoms with E-state index in [1.165, 1.54) is 12.1 Å². The Labute approximate surface area is 136 Å². The molecule has 2 saturated heterocycles. The zero-order valence-corrected chi connectivity index (χ0v) is 13.8.